The molecule has 0 aliphatic heterocycles. The van der Waals surface area contributed by atoms with Crippen molar-refractivity contribution in [2.45, 2.75) is 16.8 Å². The zero-order valence-corrected chi connectivity index (χ0v) is 14.4. The molecule has 0 bridgehead atoms. The molecule has 136 valence electrons. The van der Waals surface area contributed by atoms with Gasteiger partial charge in [-0.3, -0.25) is 4.98 Å². The molecule has 0 aliphatic carbocycles. The second-order valence-corrected chi connectivity index (χ2v) is 7.62. The van der Waals surface area contributed by atoms with Crippen molar-refractivity contribution in [2.75, 3.05) is 7.11 Å². The molecule has 0 unspecified atom stereocenters. The molecule has 0 N–H and O–H groups in total. The lowest BCUT2D eigenvalue weighted by Crippen LogP contribution is -2.11. The number of pyridine rings is 1. The Bertz CT molecular complexity index is 1060. The van der Waals surface area contributed by atoms with Crippen LogP contribution in [0.3, 0.4) is 0 Å². The van der Waals surface area contributed by atoms with Gasteiger partial charge in [-0.15, -0.1) is 0 Å². The summed E-state index contributed by atoms with van der Waals surface area (Å²) in [5.74, 6) is -0.616. The highest BCUT2D eigenvalue weighted by Gasteiger charge is 2.33. The molecule has 0 saturated carbocycles. The third kappa shape index (κ3) is 3.65. The van der Waals surface area contributed by atoms with Crippen molar-refractivity contribution < 1.29 is 26.3 Å². The SMILES string of the molecule is COc1ccc(C(F)(F)F)cc1S(=O)(=O)Cc1cnc2ccccc2c1. The lowest BCUT2D eigenvalue weighted by molar-refractivity contribution is -0.137. The molecule has 0 spiro atoms. The molecule has 0 amide bonds. The topological polar surface area (TPSA) is 56.3 Å². The van der Waals surface area contributed by atoms with E-state index >= 15 is 0 Å². The number of hydrogen-bond donors (Lipinski definition) is 0. The largest absolute Gasteiger partial charge is 0.495 e. The number of halogens is 3. The average molecular weight is 381 g/mol. The molecule has 0 radical (unpaired) electrons. The maximum absolute atomic E-state index is 12.9. The van der Waals surface area contributed by atoms with Gasteiger partial charge in [0.1, 0.15) is 10.6 Å². The van der Waals surface area contributed by atoms with Gasteiger partial charge in [0.2, 0.25) is 0 Å². The van der Waals surface area contributed by atoms with Crippen molar-refractivity contribution in [2.24, 2.45) is 0 Å². The van der Waals surface area contributed by atoms with E-state index < -0.39 is 32.2 Å². The molecule has 4 nitrogen and oxygen atoms in total. The summed E-state index contributed by atoms with van der Waals surface area (Å²) in [6.07, 6.45) is -3.25. The minimum Gasteiger partial charge on any atom is -0.495 e. The smallest absolute Gasteiger partial charge is 0.416 e. The molecule has 3 rings (SSSR count). The maximum atomic E-state index is 12.9. The summed E-state index contributed by atoms with van der Waals surface area (Å²) >= 11 is 0. The summed E-state index contributed by atoms with van der Waals surface area (Å²) in [7, 11) is -2.86. The molecule has 0 aliphatic rings. The van der Waals surface area contributed by atoms with Crippen LogP contribution in [0.2, 0.25) is 0 Å². The molecule has 3 aromatic rings. The minimum atomic E-state index is -4.65. The van der Waals surface area contributed by atoms with E-state index in [0.717, 1.165) is 17.5 Å². The standard InChI is InChI=1S/C18H14F3NO3S/c1-25-16-7-6-14(18(19,20)21)9-17(16)26(23,24)11-12-8-13-4-2-3-5-15(13)22-10-12/h2-10H,11H2,1H3. The van der Waals surface area contributed by atoms with Gasteiger partial charge in [-0.2, -0.15) is 13.2 Å². The Balaban J connectivity index is 2.03. The van der Waals surface area contributed by atoms with Gasteiger partial charge >= 0.3 is 6.18 Å². The highest BCUT2D eigenvalue weighted by atomic mass is 32.2. The Morgan fingerprint density at radius 1 is 1.08 bits per heavy atom. The molecular weight excluding hydrogens is 367 g/mol. The fourth-order valence-electron chi connectivity index (χ4n) is 2.59. The van der Waals surface area contributed by atoms with Crippen LogP contribution in [0.1, 0.15) is 11.1 Å². The number of rotatable bonds is 4. The first kappa shape index (κ1) is 18.2. The molecule has 0 atom stereocenters. The molecule has 0 fully saturated rings. The molecule has 0 saturated heterocycles. The Morgan fingerprint density at radius 2 is 1.81 bits per heavy atom. The number of aromatic nitrogens is 1. The third-order valence-corrected chi connectivity index (χ3v) is 5.53. The summed E-state index contributed by atoms with van der Waals surface area (Å²) < 4.78 is 69.2. The second-order valence-electron chi connectivity index (χ2n) is 5.66. The van der Waals surface area contributed by atoms with E-state index in [9.17, 15) is 21.6 Å². The Labute approximate surface area is 148 Å². The number of sulfone groups is 1. The van der Waals surface area contributed by atoms with Crippen LogP contribution in [0.15, 0.2) is 59.6 Å². The Hall–Kier alpha value is -2.61. The van der Waals surface area contributed by atoms with Crippen molar-refractivity contribution >= 4 is 20.7 Å². The number of ether oxygens (including phenoxy) is 1. The quantitative estimate of drug-likeness (QED) is 0.678. The lowest BCUT2D eigenvalue weighted by atomic mass is 10.2. The van der Waals surface area contributed by atoms with Gasteiger partial charge in [0.15, 0.2) is 9.84 Å². The van der Waals surface area contributed by atoms with Gasteiger partial charge in [-0.05, 0) is 35.9 Å². The number of benzene rings is 2. The predicted molar refractivity (Wildman–Crippen MR) is 90.6 cm³/mol. The average Bonchev–Trinajstić information content (AvgIpc) is 2.60. The number of methoxy groups -OCH3 is 1. The van der Waals surface area contributed by atoms with Crippen LogP contribution in [-0.4, -0.2) is 20.5 Å². The van der Waals surface area contributed by atoms with Crippen molar-refractivity contribution in [1.29, 1.82) is 0 Å². The second kappa shape index (κ2) is 6.60. The van der Waals surface area contributed by atoms with Crippen molar-refractivity contribution in [3.63, 3.8) is 0 Å². The highest BCUT2D eigenvalue weighted by Crippen LogP contribution is 2.35. The van der Waals surface area contributed by atoms with Gasteiger partial charge < -0.3 is 4.74 Å². The van der Waals surface area contributed by atoms with Crippen LogP contribution >= 0.6 is 0 Å². The zero-order valence-electron chi connectivity index (χ0n) is 13.6. The van der Waals surface area contributed by atoms with Crippen molar-refractivity contribution in [3.8, 4) is 5.75 Å². The van der Waals surface area contributed by atoms with E-state index in [1.54, 1.807) is 30.3 Å². The van der Waals surface area contributed by atoms with Gasteiger partial charge in [0.05, 0.1) is 23.9 Å². The van der Waals surface area contributed by atoms with Crippen LogP contribution in [-0.2, 0) is 21.8 Å². The number of nitrogens with zero attached hydrogens (tertiary/aromatic N) is 1. The van der Waals surface area contributed by atoms with E-state index in [1.165, 1.54) is 13.3 Å². The number of para-hydroxylation sites is 1. The first-order chi connectivity index (χ1) is 12.2. The molecular formula is C18H14F3NO3S. The fourth-order valence-corrected chi connectivity index (χ4v) is 4.11. The zero-order chi connectivity index (χ0) is 18.9. The van der Waals surface area contributed by atoms with Gasteiger partial charge in [-0.25, -0.2) is 8.42 Å². The van der Waals surface area contributed by atoms with Gasteiger partial charge in [-0.1, -0.05) is 18.2 Å². The third-order valence-electron chi connectivity index (χ3n) is 3.83. The van der Waals surface area contributed by atoms with Crippen molar-refractivity contribution in [1.82, 2.24) is 4.98 Å². The highest BCUT2D eigenvalue weighted by molar-refractivity contribution is 7.90. The van der Waals surface area contributed by atoms with Gasteiger partial charge in [0.25, 0.3) is 0 Å². The summed E-state index contributed by atoms with van der Waals surface area (Å²) in [5.41, 5.74) is 0.0296. The van der Waals surface area contributed by atoms with Crippen LogP contribution in [0.5, 0.6) is 5.75 Å². The van der Waals surface area contributed by atoms with Crippen LogP contribution < -0.4 is 4.74 Å². The predicted octanol–water partition coefficient (Wildman–Crippen LogP) is 4.24. The Kier molecular flexibility index (Phi) is 4.62. The normalized spacial score (nSPS) is 12.3. The summed E-state index contributed by atoms with van der Waals surface area (Å²) in [6, 6.07) is 11.2. The number of alkyl halides is 3. The summed E-state index contributed by atoms with van der Waals surface area (Å²) in [6.45, 7) is 0. The molecule has 1 heterocycles. The van der Waals surface area contributed by atoms with Crippen LogP contribution in [0, 0.1) is 0 Å². The summed E-state index contributed by atoms with van der Waals surface area (Å²) in [4.78, 5) is 3.69. The van der Waals surface area contributed by atoms with E-state index in [4.69, 9.17) is 4.74 Å². The fraction of sp³-hybridized carbons (Fsp3) is 0.167. The molecule has 26 heavy (non-hydrogen) atoms. The lowest BCUT2D eigenvalue weighted by Gasteiger charge is -2.13. The first-order valence-corrected chi connectivity index (χ1v) is 9.17. The van der Waals surface area contributed by atoms with Gasteiger partial charge in [0, 0.05) is 11.6 Å². The maximum Gasteiger partial charge on any atom is 0.416 e. The first-order valence-electron chi connectivity index (χ1n) is 7.52. The van der Waals surface area contributed by atoms with E-state index in [1.807, 2.05) is 0 Å². The van der Waals surface area contributed by atoms with E-state index in [2.05, 4.69) is 4.98 Å². The van der Waals surface area contributed by atoms with Crippen LogP contribution in [0.25, 0.3) is 10.9 Å². The van der Waals surface area contributed by atoms with E-state index in [-0.39, 0.29) is 5.75 Å². The summed E-state index contributed by atoms with van der Waals surface area (Å²) in [5, 5.41) is 0.746. The number of hydrogen-bond acceptors (Lipinski definition) is 4. The van der Waals surface area contributed by atoms with Crippen molar-refractivity contribution in [3.05, 3.63) is 65.9 Å². The number of fused-ring (bicyclic) bond motifs is 1. The van der Waals surface area contributed by atoms with E-state index in [0.29, 0.717) is 17.1 Å². The molecule has 2 aromatic carbocycles. The molecule has 8 heteroatoms. The minimum absolute atomic E-state index is 0.133. The monoisotopic (exact) mass is 381 g/mol. The molecule has 1 aromatic heterocycles. The Morgan fingerprint density at radius 3 is 2.50 bits per heavy atom. The van der Waals surface area contributed by atoms with Crippen LogP contribution in [0.4, 0.5) is 13.2 Å².